The molecule has 0 radical (unpaired) electrons. The Balaban J connectivity index is 1.85. The molecule has 1 heterocycles. The van der Waals surface area contributed by atoms with Crippen molar-refractivity contribution in [3.63, 3.8) is 0 Å². The fourth-order valence-corrected chi connectivity index (χ4v) is 1.97. The molecule has 1 aliphatic carbocycles. The van der Waals surface area contributed by atoms with Crippen LogP contribution in [0.15, 0.2) is 11.6 Å². The van der Waals surface area contributed by atoms with Gasteiger partial charge in [-0.2, -0.15) is 0 Å². The largest absolute Gasteiger partial charge is 0.394 e. The van der Waals surface area contributed by atoms with E-state index >= 15 is 0 Å². The van der Waals surface area contributed by atoms with E-state index in [0.717, 1.165) is 17.5 Å². The summed E-state index contributed by atoms with van der Waals surface area (Å²) >= 11 is 1.59. The summed E-state index contributed by atoms with van der Waals surface area (Å²) in [7, 11) is 0. The fraction of sp³-hybridized carbons (Fsp3) is 0.667. The van der Waals surface area contributed by atoms with Gasteiger partial charge < -0.3 is 10.4 Å². The number of nitrogens with one attached hydrogen (secondary N) is 1. The standard InChI is InChI=1S/C9H14N2OS/c12-6-8(9-10-3-4-13-9)11-5-7-1-2-7/h3-4,7-8,11-12H,1-2,5-6H2. The fourth-order valence-electron chi connectivity index (χ4n) is 1.27. The van der Waals surface area contributed by atoms with Crippen molar-refractivity contribution in [3.05, 3.63) is 16.6 Å². The zero-order chi connectivity index (χ0) is 9.10. The van der Waals surface area contributed by atoms with E-state index in [1.807, 2.05) is 5.38 Å². The molecule has 2 N–H and O–H groups in total. The van der Waals surface area contributed by atoms with Gasteiger partial charge in [0.25, 0.3) is 0 Å². The van der Waals surface area contributed by atoms with Crippen LogP contribution in [0.1, 0.15) is 23.9 Å². The Labute approximate surface area is 81.8 Å². The molecule has 0 aliphatic heterocycles. The van der Waals surface area contributed by atoms with Gasteiger partial charge in [-0.05, 0) is 25.3 Å². The van der Waals surface area contributed by atoms with Crippen LogP contribution in [0.25, 0.3) is 0 Å². The van der Waals surface area contributed by atoms with E-state index in [1.54, 1.807) is 17.5 Å². The molecule has 1 saturated carbocycles. The maximum atomic E-state index is 9.14. The van der Waals surface area contributed by atoms with Crippen LogP contribution >= 0.6 is 11.3 Å². The van der Waals surface area contributed by atoms with Crippen molar-refractivity contribution in [2.24, 2.45) is 5.92 Å². The van der Waals surface area contributed by atoms with E-state index < -0.39 is 0 Å². The summed E-state index contributed by atoms with van der Waals surface area (Å²) in [4.78, 5) is 4.18. The molecule has 1 fully saturated rings. The zero-order valence-electron chi connectivity index (χ0n) is 7.44. The summed E-state index contributed by atoms with van der Waals surface area (Å²) in [6, 6.07) is 0.0422. The minimum Gasteiger partial charge on any atom is -0.394 e. The van der Waals surface area contributed by atoms with Crippen molar-refractivity contribution in [1.29, 1.82) is 0 Å². The van der Waals surface area contributed by atoms with Crippen LogP contribution in [0.2, 0.25) is 0 Å². The van der Waals surface area contributed by atoms with Crippen molar-refractivity contribution < 1.29 is 5.11 Å². The number of hydrogen-bond donors (Lipinski definition) is 2. The predicted molar refractivity (Wildman–Crippen MR) is 52.7 cm³/mol. The Kier molecular flexibility index (Phi) is 2.93. The van der Waals surface area contributed by atoms with E-state index in [9.17, 15) is 0 Å². The van der Waals surface area contributed by atoms with E-state index in [2.05, 4.69) is 10.3 Å². The Bertz CT molecular complexity index is 246. The number of aliphatic hydroxyl groups is 1. The first kappa shape index (κ1) is 9.12. The smallest absolute Gasteiger partial charge is 0.112 e. The molecule has 1 aromatic heterocycles. The topological polar surface area (TPSA) is 45.1 Å². The van der Waals surface area contributed by atoms with Crippen LogP contribution in [0.4, 0.5) is 0 Å². The lowest BCUT2D eigenvalue weighted by molar-refractivity contribution is 0.243. The summed E-state index contributed by atoms with van der Waals surface area (Å²) in [6.45, 7) is 1.16. The highest BCUT2D eigenvalue weighted by Crippen LogP contribution is 2.28. The Morgan fingerprint density at radius 3 is 3.08 bits per heavy atom. The molecule has 72 valence electrons. The second-order valence-electron chi connectivity index (χ2n) is 3.46. The first-order valence-corrected chi connectivity index (χ1v) is 5.51. The van der Waals surface area contributed by atoms with Crippen molar-refractivity contribution in [2.75, 3.05) is 13.2 Å². The third-order valence-corrected chi connectivity index (χ3v) is 3.17. The van der Waals surface area contributed by atoms with Gasteiger partial charge in [0.1, 0.15) is 5.01 Å². The molecule has 4 heteroatoms. The second kappa shape index (κ2) is 4.17. The van der Waals surface area contributed by atoms with Crippen LogP contribution in [-0.2, 0) is 0 Å². The molecular formula is C9H14N2OS. The monoisotopic (exact) mass is 198 g/mol. The third-order valence-electron chi connectivity index (χ3n) is 2.28. The maximum absolute atomic E-state index is 9.14. The SMILES string of the molecule is OCC(NCC1CC1)c1nccs1. The van der Waals surface area contributed by atoms with Crippen molar-refractivity contribution in [2.45, 2.75) is 18.9 Å². The lowest BCUT2D eigenvalue weighted by Gasteiger charge is -2.12. The number of aliphatic hydroxyl groups excluding tert-OH is 1. The summed E-state index contributed by atoms with van der Waals surface area (Å²) in [6.07, 6.45) is 4.45. The Morgan fingerprint density at radius 2 is 2.54 bits per heavy atom. The van der Waals surface area contributed by atoms with E-state index in [4.69, 9.17) is 5.11 Å². The third kappa shape index (κ3) is 2.49. The van der Waals surface area contributed by atoms with Gasteiger partial charge in [-0.25, -0.2) is 4.98 Å². The Morgan fingerprint density at radius 1 is 1.69 bits per heavy atom. The summed E-state index contributed by atoms with van der Waals surface area (Å²) in [5.41, 5.74) is 0. The van der Waals surface area contributed by atoms with Crippen molar-refractivity contribution in [1.82, 2.24) is 10.3 Å². The molecule has 1 atom stereocenters. The molecule has 0 amide bonds. The van der Waals surface area contributed by atoms with Crippen LogP contribution in [0.5, 0.6) is 0 Å². The average molecular weight is 198 g/mol. The van der Waals surface area contributed by atoms with Crippen LogP contribution in [0, 0.1) is 5.92 Å². The molecule has 13 heavy (non-hydrogen) atoms. The van der Waals surface area contributed by atoms with E-state index in [1.165, 1.54) is 12.8 Å². The van der Waals surface area contributed by atoms with Crippen LogP contribution in [0.3, 0.4) is 0 Å². The van der Waals surface area contributed by atoms with Crippen molar-refractivity contribution in [3.8, 4) is 0 Å². The molecule has 0 spiro atoms. The molecule has 0 saturated heterocycles. The molecule has 0 aromatic carbocycles. The summed E-state index contributed by atoms with van der Waals surface area (Å²) in [5.74, 6) is 0.842. The molecular weight excluding hydrogens is 184 g/mol. The summed E-state index contributed by atoms with van der Waals surface area (Å²) < 4.78 is 0. The highest BCUT2D eigenvalue weighted by molar-refractivity contribution is 7.09. The van der Waals surface area contributed by atoms with Crippen LogP contribution < -0.4 is 5.32 Å². The molecule has 1 aliphatic rings. The number of nitrogens with zero attached hydrogens (tertiary/aromatic N) is 1. The first-order valence-electron chi connectivity index (χ1n) is 4.64. The molecule has 1 unspecified atom stereocenters. The second-order valence-corrected chi connectivity index (χ2v) is 4.38. The van der Waals surface area contributed by atoms with Gasteiger partial charge in [-0.1, -0.05) is 0 Å². The first-order chi connectivity index (χ1) is 6.40. The highest BCUT2D eigenvalue weighted by atomic mass is 32.1. The normalized spacial score (nSPS) is 18.8. The summed E-state index contributed by atoms with van der Waals surface area (Å²) in [5, 5.41) is 15.4. The number of rotatable bonds is 5. The van der Waals surface area contributed by atoms with Gasteiger partial charge in [0, 0.05) is 11.6 Å². The minimum absolute atomic E-state index is 0.0422. The van der Waals surface area contributed by atoms with Gasteiger partial charge >= 0.3 is 0 Å². The minimum atomic E-state index is 0.0422. The highest BCUT2D eigenvalue weighted by Gasteiger charge is 2.23. The Hall–Kier alpha value is -0.450. The zero-order valence-corrected chi connectivity index (χ0v) is 8.26. The molecule has 1 aromatic rings. The maximum Gasteiger partial charge on any atom is 0.112 e. The lowest BCUT2D eigenvalue weighted by Crippen LogP contribution is -2.26. The van der Waals surface area contributed by atoms with E-state index in [-0.39, 0.29) is 12.6 Å². The number of hydrogen-bond acceptors (Lipinski definition) is 4. The molecule has 0 bridgehead atoms. The predicted octanol–water partition coefficient (Wildman–Crippen LogP) is 1.18. The van der Waals surface area contributed by atoms with Gasteiger partial charge in [0.2, 0.25) is 0 Å². The quantitative estimate of drug-likeness (QED) is 0.746. The number of thiazole rings is 1. The van der Waals surface area contributed by atoms with Gasteiger partial charge in [0.15, 0.2) is 0 Å². The van der Waals surface area contributed by atoms with Gasteiger partial charge in [-0.3, -0.25) is 0 Å². The number of aromatic nitrogens is 1. The van der Waals surface area contributed by atoms with Gasteiger partial charge in [-0.15, -0.1) is 11.3 Å². The van der Waals surface area contributed by atoms with Crippen molar-refractivity contribution >= 4 is 11.3 Å². The van der Waals surface area contributed by atoms with E-state index in [0.29, 0.717) is 0 Å². The van der Waals surface area contributed by atoms with Gasteiger partial charge in [0.05, 0.1) is 12.6 Å². The average Bonchev–Trinajstić information content (AvgIpc) is 2.81. The lowest BCUT2D eigenvalue weighted by atomic mass is 10.3. The molecule has 3 nitrogen and oxygen atoms in total. The molecule has 2 rings (SSSR count). The van der Waals surface area contributed by atoms with Crippen LogP contribution in [-0.4, -0.2) is 23.2 Å².